The van der Waals surface area contributed by atoms with Crippen LogP contribution in [0.2, 0.25) is 0 Å². The molecule has 0 fully saturated rings. The summed E-state index contributed by atoms with van der Waals surface area (Å²) in [6.45, 7) is 4.83. The van der Waals surface area contributed by atoms with E-state index in [-0.39, 0.29) is 25.7 Å². The first-order valence-electron chi connectivity index (χ1n) is 37.9. The first-order valence-corrected chi connectivity index (χ1v) is 40.9. The third kappa shape index (κ3) is 67.6. The summed E-state index contributed by atoms with van der Waals surface area (Å²) in [5, 5.41) is 10.6. The Kier molecular flexibility index (Phi) is 66.4. The number of hydrogen-bond acceptors (Lipinski definition) is 15. The molecule has 5 unspecified atom stereocenters. The van der Waals surface area contributed by atoms with Crippen molar-refractivity contribution >= 4 is 39.5 Å². The molecule has 0 aromatic carbocycles. The Morgan fingerprint density at radius 1 is 0.298 bits per heavy atom. The van der Waals surface area contributed by atoms with Gasteiger partial charge < -0.3 is 33.8 Å². The number of unbranched alkanes of at least 4 members (excludes halogenated alkanes) is 38. The van der Waals surface area contributed by atoms with Crippen molar-refractivity contribution in [2.45, 2.75) is 367 Å². The first-order chi connectivity index (χ1) is 45.7. The third-order valence-electron chi connectivity index (χ3n) is 16.3. The number of allylic oxidation sites excluding steroid dienone is 8. The SMILES string of the molecule is CCCC/C=C\CCCCCCCC(=O)OC(COC(=O)CCCCCCCCCCCCCCC)COP(=O)(O)OCC(O)COP(=O)(O)OCC(COC(=O)CCCCCCCC/C=C\C/C=C\C/C=C\CCCCC)OC(=O)CCCCCCCCCCCCC. The van der Waals surface area contributed by atoms with E-state index in [0.29, 0.717) is 25.7 Å². The fourth-order valence-corrected chi connectivity index (χ4v) is 12.0. The summed E-state index contributed by atoms with van der Waals surface area (Å²) < 4.78 is 68.3. The van der Waals surface area contributed by atoms with Crippen LogP contribution in [-0.4, -0.2) is 96.7 Å². The number of carbonyl (C=O) groups excluding carboxylic acids is 4. The van der Waals surface area contributed by atoms with Gasteiger partial charge in [0.2, 0.25) is 0 Å². The second-order valence-corrected chi connectivity index (χ2v) is 28.5. The van der Waals surface area contributed by atoms with Gasteiger partial charge in [-0.1, -0.05) is 288 Å². The largest absolute Gasteiger partial charge is 0.472 e. The highest BCUT2D eigenvalue weighted by Crippen LogP contribution is 2.45. The number of carbonyl (C=O) groups is 4. The zero-order valence-electron chi connectivity index (χ0n) is 59.9. The lowest BCUT2D eigenvalue weighted by molar-refractivity contribution is -0.161. The number of phosphoric ester groups is 2. The van der Waals surface area contributed by atoms with Gasteiger partial charge in [-0.2, -0.15) is 0 Å². The van der Waals surface area contributed by atoms with Crippen LogP contribution in [-0.2, 0) is 65.4 Å². The van der Waals surface area contributed by atoms with Gasteiger partial charge in [-0.15, -0.1) is 0 Å². The van der Waals surface area contributed by atoms with E-state index in [1.54, 1.807) is 0 Å². The van der Waals surface area contributed by atoms with Crippen LogP contribution in [0, 0.1) is 0 Å². The summed E-state index contributed by atoms with van der Waals surface area (Å²) in [5.74, 6) is -2.16. The van der Waals surface area contributed by atoms with Gasteiger partial charge in [0.05, 0.1) is 26.4 Å². The zero-order chi connectivity index (χ0) is 69.0. The summed E-state index contributed by atoms with van der Waals surface area (Å²) in [7, 11) is -9.92. The van der Waals surface area contributed by atoms with Gasteiger partial charge in [0, 0.05) is 25.7 Å². The van der Waals surface area contributed by atoms with E-state index < -0.39 is 97.5 Å². The topological polar surface area (TPSA) is 237 Å². The van der Waals surface area contributed by atoms with E-state index in [1.165, 1.54) is 128 Å². The van der Waals surface area contributed by atoms with Crippen LogP contribution in [0.1, 0.15) is 349 Å². The van der Waals surface area contributed by atoms with E-state index in [2.05, 4.69) is 76.3 Å². The number of rotatable bonds is 72. The van der Waals surface area contributed by atoms with Crippen LogP contribution >= 0.6 is 15.6 Å². The molecule has 5 atom stereocenters. The summed E-state index contributed by atoms with van der Waals surface area (Å²) in [5.41, 5.74) is 0. The van der Waals surface area contributed by atoms with Gasteiger partial charge in [-0.05, 0) is 83.5 Å². The van der Waals surface area contributed by atoms with Crippen LogP contribution < -0.4 is 0 Å². The number of ether oxygens (including phenoxy) is 4. The van der Waals surface area contributed by atoms with Crippen molar-refractivity contribution in [3.8, 4) is 0 Å². The molecule has 0 rings (SSSR count). The summed E-state index contributed by atoms with van der Waals surface area (Å²) in [6.07, 6.45) is 63.9. The van der Waals surface area contributed by atoms with Gasteiger partial charge in [-0.25, -0.2) is 9.13 Å². The molecule has 0 bridgehead atoms. The van der Waals surface area contributed by atoms with Crippen molar-refractivity contribution < 1.29 is 80.2 Å². The minimum absolute atomic E-state index is 0.0908. The molecule has 0 aromatic rings. The number of phosphoric acid groups is 2. The quantitative estimate of drug-likeness (QED) is 0.0169. The van der Waals surface area contributed by atoms with Gasteiger partial charge in [0.15, 0.2) is 12.2 Å². The minimum atomic E-state index is -4.96. The Hall–Kier alpha value is -2.98. The number of aliphatic hydroxyl groups is 1. The lowest BCUT2D eigenvalue weighted by atomic mass is 10.0. The molecule has 0 aliphatic rings. The van der Waals surface area contributed by atoms with E-state index >= 15 is 0 Å². The molecular formula is C75H138O17P2. The molecule has 0 aliphatic heterocycles. The van der Waals surface area contributed by atoms with Crippen molar-refractivity contribution in [3.63, 3.8) is 0 Å². The molecular weight excluding hydrogens is 1230 g/mol. The van der Waals surface area contributed by atoms with Crippen molar-refractivity contribution in [1.29, 1.82) is 0 Å². The Balaban J connectivity index is 5.25. The monoisotopic (exact) mass is 1370 g/mol. The summed E-state index contributed by atoms with van der Waals surface area (Å²) in [6, 6.07) is 0. The molecule has 0 heterocycles. The van der Waals surface area contributed by atoms with Gasteiger partial charge >= 0.3 is 39.5 Å². The molecule has 17 nitrogen and oxygen atoms in total. The maximum Gasteiger partial charge on any atom is 0.472 e. The number of esters is 4. The average Bonchev–Trinajstić information content (AvgIpc) is 1.24. The average molecular weight is 1370 g/mol. The molecule has 0 spiro atoms. The lowest BCUT2D eigenvalue weighted by Crippen LogP contribution is -2.30. The Bertz CT molecular complexity index is 1980. The predicted molar refractivity (Wildman–Crippen MR) is 381 cm³/mol. The second kappa shape index (κ2) is 68.5. The molecule has 0 saturated heterocycles. The van der Waals surface area contributed by atoms with Crippen LogP contribution in [0.5, 0.6) is 0 Å². The van der Waals surface area contributed by atoms with Gasteiger partial charge in [0.25, 0.3) is 0 Å². The maximum atomic E-state index is 13.0. The highest BCUT2D eigenvalue weighted by molar-refractivity contribution is 7.47. The van der Waals surface area contributed by atoms with Crippen LogP contribution in [0.3, 0.4) is 0 Å². The first kappa shape index (κ1) is 91.0. The van der Waals surface area contributed by atoms with Crippen molar-refractivity contribution in [1.82, 2.24) is 0 Å². The Morgan fingerprint density at radius 3 is 0.862 bits per heavy atom. The third-order valence-corrected chi connectivity index (χ3v) is 18.2. The Morgan fingerprint density at radius 2 is 0.532 bits per heavy atom. The molecule has 550 valence electrons. The summed E-state index contributed by atoms with van der Waals surface area (Å²) >= 11 is 0. The normalized spacial score (nSPS) is 14.2. The van der Waals surface area contributed by atoms with E-state index in [4.69, 9.17) is 37.0 Å². The fourth-order valence-electron chi connectivity index (χ4n) is 10.4. The number of hydrogen-bond donors (Lipinski definition) is 3. The standard InChI is InChI=1S/C75H138O17P2/c1-5-9-13-17-21-25-29-31-32-33-34-35-36-38-42-44-48-52-56-60-73(78)86-66-71(92-75(80)62-58-54-50-46-40-28-24-20-16-12-8-4)68-90-94(83,84)88-64-69(76)63-87-93(81,82)89-67-70(91-74(79)61-57-53-49-45-39-27-23-19-15-11-7-3)65-85-72(77)59-55-51-47-43-41-37-30-26-22-18-14-10-6-2/h19,21,23,25,31-32,34-35,69-71,76H,5-18,20,22,24,26-30,33,36-68H2,1-4H3,(H,81,82)(H,83,84)/b23-19-,25-21-,32-31-,35-34-. The molecule has 0 saturated carbocycles. The molecule has 19 heteroatoms. The molecule has 0 aliphatic carbocycles. The van der Waals surface area contributed by atoms with E-state index in [9.17, 15) is 43.2 Å². The Labute approximate surface area is 572 Å². The molecule has 0 amide bonds. The molecule has 0 radical (unpaired) electrons. The van der Waals surface area contributed by atoms with Gasteiger partial charge in [0.1, 0.15) is 19.3 Å². The molecule has 3 N–H and O–H groups in total. The van der Waals surface area contributed by atoms with E-state index in [1.807, 2.05) is 0 Å². The molecule has 94 heavy (non-hydrogen) atoms. The maximum absolute atomic E-state index is 13.0. The van der Waals surface area contributed by atoms with Crippen LogP contribution in [0.4, 0.5) is 0 Å². The molecule has 0 aromatic heterocycles. The lowest BCUT2D eigenvalue weighted by Gasteiger charge is -2.21. The van der Waals surface area contributed by atoms with Gasteiger partial charge in [-0.3, -0.25) is 37.3 Å². The second-order valence-electron chi connectivity index (χ2n) is 25.6. The minimum Gasteiger partial charge on any atom is -0.462 e. The van der Waals surface area contributed by atoms with Crippen LogP contribution in [0.25, 0.3) is 0 Å². The van der Waals surface area contributed by atoms with Crippen molar-refractivity contribution in [2.24, 2.45) is 0 Å². The summed E-state index contributed by atoms with van der Waals surface area (Å²) in [4.78, 5) is 72.7. The fraction of sp³-hybridized carbons (Fsp3) is 0.840. The van der Waals surface area contributed by atoms with Crippen LogP contribution in [0.15, 0.2) is 48.6 Å². The highest BCUT2D eigenvalue weighted by Gasteiger charge is 2.30. The van der Waals surface area contributed by atoms with Crippen molar-refractivity contribution in [3.05, 3.63) is 48.6 Å². The van der Waals surface area contributed by atoms with E-state index in [0.717, 1.165) is 141 Å². The smallest absolute Gasteiger partial charge is 0.462 e. The highest BCUT2D eigenvalue weighted by atomic mass is 31.2. The van der Waals surface area contributed by atoms with Crippen molar-refractivity contribution in [2.75, 3.05) is 39.6 Å². The predicted octanol–water partition coefficient (Wildman–Crippen LogP) is 21.3. The zero-order valence-corrected chi connectivity index (χ0v) is 61.7. The number of aliphatic hydroxyl groups excluding tert-OH is 1.